The monoisotopic (exact) mass is 374 g/mol. The Balaban J connectivity index is 1.66. The number of hydrogen-bond acceptors (Lipinski definition) is 5. The van der Waals surface area contributed by atoms with Crippen LogP contribution in [0.25, 0.3) is 0 Å². The van der Waals surface area contributed by atoms with Gasteiger partial charge in [0.05, 0.1) is 13.1 Å². The zero-order chi connectivity index (χ0) is 19.8. The summed E-state index contributed by atoms with van der Waals surface area (Å²) in [5, 5.41) is 9.68. The first-order valence-electron chi connectivity index (χ1n) is 8.61. The number of nitrogens with one attached hydrogen (secondary N) is 4. The second-order valence-electron chi connectivity index (χ2n) is 6.23. The predicted molar refractivity (Wildman–Crippen MR) is 95.6 cm³/mol. The van der Waals surface area contributed by atoms with Gasteiger partial charge in [0.15, 0.2) is 0 Å². The number of carbonyl (C=O) groups excluding carboxylic acids is 5. The first-order valence-corrected chi connectivity index (χ1v) is 8.61. The number of hydrogen-bond donors (Lipinski definition) is 4. The minimum Gasteiger partial charge on any atom is -0.347 e. The highest BCUT2D eigenvalue weighted by Gasteiger charge is 2.26. The molecule has 144 valence electrons. The molecular formula is C18H22N4O5. The Morgan fingerprint density at radius 2 is 1.67 bits per heavy atom. The van der Waals surface area contributed by atoms with Crippen LogP contribution < -0.4 is 21.3 Å². The third kappa shape index (κ3) is 6.89. The molecule has 1 aromatic rings. The smallest absolute Gasteiger partial charge is 0.289 e. The van der Waals surface area contributed by atoms with E-state index in [1.807, 2.05) is 0 Å². The zero-order valence-electron chi connectivity index (χ0n) is 14.9. The van der Waals surface area contributed by atoms with Crippen molar-refractivity contribution in [2.75, 3.05) is 13.1 Å². The lowest BCUT2D eigenvalue weighted by Crippen LogP contribution is -2.49. The Kier molecular flexibility index (Phi) is 7.04. The molecule has 0 radical (unpaired) electrons. The van der Waals surface area contributed by atoms with Crippen molar-refractivity contribution in [1.82, 2.24) is 21.3 Å². The number of rotatable bonds is 9. The van der Waals surface area contributed by atoms with E-state index < -0.39 is 42.0 Å². The number of benzene rings is 1. The summed E-state index contributed by atoms with van der Waals surface area (Å²) in [6.07, 6.45) is 1.71. The van der Waals surface area contributed by atoms with E-state index in [9.17, 15) is 24.0 Å². The Bertz CT molecular complexity index is 731. The van der Waals surface area contributed by atoms with Crippen LogP contribution in [0.4, 0.5) is 0 Å². The second kappa shape index (κ2) is 9.46. The molecule has 0 saturated heterocycles. The molecule has 0 bridgehead atoms. The van der Waals surface area contributed by atoms with E-state index in [1.54, 1.807) is 30.3 Å². The Morgan fingerprint density at radius 3 is 2.30 bits per heavy atom. The molecule has 1 aliphatic rings. The van der Waals surface area contributed by atoms with Crippen molar-refractivity contribution in [2.24, 2.45) is 0 Å². The van der Waals surface area contributed by atoms with Gasteiger partial charge >= 0.3 is 0 Å². The van der Waals surface area contributed by atoms with Gasteiger partial charge in [-0.2, -0.15) is 0 Å². The average Bonchev–Trinajstić information content (AvgIpc) is 3.48. The predicted octanol–water partition coefficient (Wildman–Crippen LogP) is -1.11. The van der Waals surface area contributed by atoms with E-state index in [0.29, 0.717) is 5.56 Å². The van der Waals surface area contributed by atoms with E-state index >= 15 is 0 Å². The van der Waals surface area contributed by atoms with Crippen molar-refractivity contribution < 1.29 is 24.0 Å². The Labute approximate surface area is 156 Å². The van der Waals surface area contributed by atoms with E-state index in [-0.39, 0.29) is 12.6 Å². The number of amides is 4. The van der Waals surface area contributed by atoms with E-state index in [2.05, 4.69) is 21.3 Å². The molecule has 4 amide bonds. The third-order valence-corrected chi connectivity index (χ3v) is 3.81. The maximum Gasteiger partial charge on any atom is 0.289 e. The summed E-state index contributed by atoms with van der Waals surface area (Å²) in [5.74, 6) is -3.04. The van der Waals surface area contributed by atoms with Crippen LogP contribution >= 0.6 is 0 Å². The molecule has 0 aliphatic heterocycles. The maximum atomic E-state index is 11.9. The second-order valence-corrected chi connectivity index (χ2v) is 6.23. The van der Waals surface area contributed by atoms with E-state index in [0.717, 1.165) is 12.8 Å². The van der Waals surface area contributed by atoms with Gasteiger partial charge < -0.3 is 21.3 Å². The van der Waals surface area contributed by atoms with Crippen LogP contribution in [0.2, 0.25) is 0 Å². The van der Waals surface area contributed by atoms with Gasteiger partial charge in [-0.25, -0.2) is 0 Å². The van der Waals surface area contributed by atoms with Crippen LogP contribution in [0.15, 0.2) is 30.3 Å². The van der Waals surface area contributed by atoms with Gasteiger partial charge in [-0.1, -0.05) is 18.2 Å². The molecule has 1 fully saturated rings. The summed E-state index contributed by atoms with van der Waals surface area (Å²) in [4.78, 5) is 58.7. The van der Waals surface area contributed by atoms with Crippen LogP contribution in [0, 0.1) is 0 Å². The Morgan fingerprint density at radius 1 is 1.00 bits per heavy atom. The fourth-order valence-electron chi connectivity index (χ4n) is 2.10. The molecule has 0 aromatic heterocycles. The summed E-state index contributed by atoms with van der Waals surface area (Å²) < 4.78 is 0. The molecule has 1 unspecified atom stereocenters. The van der Waals surface area contributed by atoms with Crippen LogP contribution in [-0.4, -0.2) is 54.6 Å². The van der Waals surface area contributed by atoms with Gasteiger partial charge in [0, 0.05) is 11.6 Å². The first kappa shape index (κ1) is 20.1. The lowest BCUT2D eigenvalue weighted by atomic mass is 10.2. The van der Waals surface area contributed by atoms with Gasteiger partial charge in [0.25, 0.3) is 11.8 Å². The standard InChI is InChI=1S/C18H22N4O5/c1-11(16(25)19-9-14(23)18(27)22-13-7-8-13)21-15(24)10-20-17(26)12-5-3-2-4-6-12/h2-6,11,13H,7-10H2,1H3,(H,19,25)(H,20,26)(H,21,24)(H,22,27). The molecule has 1 atom stereocenters. The normalized spacial score (nSPS) is 13.8. The highest BCUT2D eigenvalue weighted by molar-refractivity contribution is 6.37. The highest BCUT2D eigenvalue weighted by atomic mass is 16.2. The molecular weight excluding hydrogens is 352 g/mol. The van der Waals surface area contributed by atoms with E-state index in [1.165, 1.54) is 6.92 Å². The van der Waals surface area contributed by atoms with Crippen molar-refractivity contribution in [3.05, 3.63) is 35.9 Å². The van der Waals surface area contributed by atoms with E-state index in [4.69, 9.17) is 0 Å². The minimum atomic E-state index is -0.926. The van der Waals surface area contributed by atoms with Crippen molar-refractivity contribution in [3.8, 4) is 0 Å². The average molecular weight is 374 g/mol. The van der Waals surface area contributed by atoms with Crippen molar-refractivity contribution in [3.63, 3.8) is 0 Å². The summed E-state index contributed by atoms with van der Waals surface area (Å²) in [6, 6.07) is 7.52. The van der Waals surface area contributed by atoms with Crippen molar-refractivity contribution in [2.45, 2.75) is 31.8 Å². The molecule has 1 aromatic carbocycles. The topological polar surface area (TPSA) is 133 Å². The number of ketones is 1. The van der Waals surface area contributed by atoms with Gasteiger partial charge in [0.2, 0.25) is 17.6 Å². The molecule has 2 rings (SSSR count). The largest absolute Gasteiger partial charge is 0.347 e. The molecule has 9 heteroatoms. The lowest BCUT2D eigenvalue weighted by Gasteiger charge is -2.14. The van der Waals surface area contributed by atoms with Gasteiger partial charge in [-0.15, -0.1) is 0 Å². The van der Waals surface area contributed by atoms with Crippen LogP contribution in [-0.2, 0) is 19.2 Å². The van der Waals surface area contributed by atoms with Crippen LogP contribution in [0.1, 0.15) is 30.1 Å². The van der Waals surface area contributed by atoms with Crippen LogP contribution in [0.3, 0.4) is 0 Å². The van der Waals surface area contributed by atoms with Gasteiger partial charge in [-0.05, 0) is 31.9 Å². The molecule has 0 spiro atoms. The third-order valence-electron chi connectivity index (χ3n) is 3.81. The minimum absolute atomic E-state index is 0.0569. The summed E-state index contributed by atoms with van der Waals surface area (Å²) in [6.45, 7) is 0.692. The molecule has 27 heavy (non-hydrogen) atoms. The van der Waals surface area contributed by atoms with Gasteiger partial charge in [-0.3, -0.25) is 24.0 Å². The number of Topliss-reactive ketones (excluding diaryl/α,β-unsaturated/α-hetero) is 1. The molecule has 1 saturated carbocycles. The fourth-order valence-corrected chi connectivity index (χ4v) is 2.10. The number of carbonyl (C=O) groups is 5. The molecule has 1 aliphatic carbocycles. The lowest BCUT2D eigenvalue weighted by molar-refractivity contribution is -0.138. The molecule has 4 N–H and O–H groups in total. The quantitative estimate of drug-likeness (QED) is 0.407. The van der Waals surface area contributed by atoms with Gasteiger partial charge in [0.1, 0.15) is 6.04 Å². The SMILES string of the molecule is CC(NC(=O)CNC(=O)c1ccccc1)C(=O)NCC(=O)C(=O)NC1CC1. The highest BCUT2D eigenvalue weighted by Crippen LogP contribution is 2.18. The summed E-state index contributed by atoms with van der Waals surface area (Å²) >= 11 is 0. The van der Waals surface area contributed by atoms with Crippen molar-refractivity contribution in [1.29, 1.82) is 0 Å². The molecule has 9 nitrogen and oxygen atoms in total. The van der Waals surface area contributed by atoms with Crippen LogP contribution in [0.5, 0.6) is 0 Å². The van der Waals surface area contributed by atoms with Crippen molar-refractivity contribution >= 4 is 29.4 Å². The summed E-state index contributed by atoms with van der Waals surface area (Å²) in [7, 11) is 0. The fraction of sp³-hybridized carbons (Fsp3) is 0.389. The zero-order valence-corrected chi connectivity index (χ0v) is 14.9. The maximum absolute atomic E-state index is 11.9. The first-order chi connectivity index (χ1) is 12.9. The summed E-state index contributed by atoms with van der Waals surface area (Å²) in [5.41, 5.74) is 0.416. The Hall–Kier alpha value is -3.23. The molecule has 0 heterocycles.